The van der Waals surface area contributed by atoms with E-state index >= 15 is 0 Å². The number of carbonyl (C=O) groups is 1. The second kappa shape index (κ2) is 5.39. The highest BCUT2D eigenvalue weighted by Crippen LogP contribution is 2.34. The summed E-state index contributed by atoms with van der Waals surface area (Å²) in [6.07, 6.45) is 2.19. The number of aldehydes is 1. The van der Waals surface area contributed by atoms with Crippen LogP contribution in [0.1, 0.15) is 55.4 Å². The summed E-state index contributed by atoms with van der Waals surface area (Å²) in [7, 11) is 0. The largest absolute Gasteiger partial charge is 0.348 e. The fourth-order valence-electron chi connectivity index (χ4n) is 2.47. The van der Waals surface area contributed by atoms with E-state index in [0.29, 0.717) is 5.92 Å². The maximum absolute atomic E-state index is 11.1. The van der Waals surface area contributed by atoms with Crippen molar-refractivity contribution < 1.29 is 4.79 Å². The van der Waals surface area contributed by atoms with Crippen molar-refractivity contribution in [3.63, 3.8) is 0 Å². The molecule has 100 valence electrons. The predicted molar refractivity (Wildman–Crippen MR) is 76.7 cm³/mol. The lowest BCUT2D eigenvalue weighted by Crippen LogP contribution is -2.21. The van der Waals surface area contributed by atoms with Crippen molar-refractivity contribution in [1.29, 1.82) is 0 Å². The van der Waals surface area contributed by atoms with E-state index in [1.165, 1.54) is 6.42 Å². The molecule has 1 aliphatic heterocycles. The number of aromatic nitrogens is 1. The van der Waals surface area contributed by atoms with Crippen LogP contribution in [0.15, 0.2) is 0 Å². The topological polar surface area (TPSA) is 33.2 Å². The van der Waals surface area contributed by atoms with E-state index in [4.69, 9.17) is 0 Å². The van der Waals surface area contributed by atoms with Gasteiger partial charge < -0.3 is 4.90 Å². The molecule has 0 aliphatic carbocycles. The van der Waals surface area contributed by atoms with E-state index in [0.717, 1.165) is 46.9 Å². The van der Waals surface area contributed by atoms with E-state index in [9.17, 15) is 4.79 Å². The monoisotopic (exact) mass is 266 g/mol. The third kappa shape index (κ3) is 2.58. The third-order valence-electron chi connectivity index (χ3n) is 3.76. The van der Waals surface area contributed by atoms with Gasteiger partial charge >= 0.3 is 0 Å². The van der Waals surface area contributed by atoms with Crippen molar-refractivity contribution in [2.24, 2.45) is 11.8 Å². The molecule has 0 bridgehead atoms. The first-order valence-corrected chi connectivity index (χ1v) is 7.55. The van der Waals surface area contributed by atoms with Gasteiger partial charge in [-0.3, -0.25) is 4.79 Å². The minimum Gasteiger partial charge on any atom is -0.348 e. The number of carbonyl (C=O) groups excluding carboxylic acids is 1. The zero-order valence-corrected chi connectivity index (χ0v) is 12.5. The van der Waals surface area contributed by atoms with Crippen molar-refractivity contribution in [1.82, 2.24) is 4.98 Å². The molecule has 0 radical (unpaired) electrons. The molecule has 4 heteroatoms. The van der Waals surface area contributed by atoms with Crippen LogP contribution in [0.25, 0.3) is 0 Å². The number of rotatable bonds is 4. The fraction of sp³-hybridized carbons (Fsp3) is 0.714. The Kier molecular flexibility index (Phi) is 4.05. The second-order valence-corrected chi connectivity index (χ2v) is 6.77. The third-order valence-corrected chi connectivity index (χ3v) is 4.82. The van der Waals surface area contributed by atoms with Crippen molar-refractivity contribution in [2.45, 2.75) is 40.0 Å². The summed E-state index contributed by atoms with van der Waals surface area (Å²) in [5, 5.41) is 1.03. The summed E-state index contributed by atoms with van der Waals surface area (Å²) in [6.45, 7) is 10.9. The highest BCUT2D eigenvalue weighted by Gasteiger charge is 2.27. The van der Waals surface area contributed by atoms with Crippen LogP contribution in [0.2, 0.25) is 0 Å². The standard InChI is InChI=1S/C14H22N2OS/c1-9(2)11-5-6-16(7-11)14-15-13(10(3)4)12(8-17)18-14/h8-11H,5-7H2,1-4H3. The highest BCUT2D eigenvalue weighted by molar-refractivity contribution is 7.17. The Labute approximate surface area is 113 Å². The van der Waals surface area contributed by atoms with Crippen LogP contribution in [0.3, 0.4) is 0 Å². The average molecular weight is 266 g/mol. The van der Waals surface area contributed by atoms with Crippen LogP contribution in [0.4, 0.5) is 5.13 Å². The van der Waals surface area contributed by atoms with E-state index in [1.54, 1.807) is 11.3 Å². The summed E-state index contributed by atoms with van der Waals surface area (Å²) in [4.78, 5) is 18.9. The van der Waals surface area contributed by atoms with Crippen molar-refractivity contribution in [3.05, 3.63) is 10.6 Å². The Hall–Kier alpha value is -0.900. The Morgan fingerprint density at radius 1 is 1.39 bits per heavy atom. The van der Waals surface area contributed by atoms with Gasteiger partial charge in [-0.15, -0.1) is 0 Å². The zero-order valence-electron chi connectivity index (χ0n) is 11.6. The number of thiazole rings is 1. The molecule has 0 amide bonds. The van der Waals surface area contributed by atoms with E-state index in [2.05, 4.69) is 37.6 Å². The van der Waals surface area contributed by atoms with Gasteiger partial charge in [0.1, 0.15) is 0 Å². The molecule has 1 unspecified atom stereocenters. The molecule has 1 saturated heterocycles. The first-order valence-electron chi connectivity index (χ1n) is 6.73. The molecule has 0 aromatic carbocycles. The molecule has 1 aliphatic rings. The summed E-state index contributed by atoms with van der Waals surface area (Å²) in [6, 6.07) is 0. The van der Waals surface area contributed by atoms with Crippen LogP contribution in [-0.2, 0) is 0 Å². The van der Waals surface area contributed by atoms with Crippen molar-refractivity contribution in [3.8, 4) is 0 Å². The van der Waals surface area contributed by atoms with Gasteiger partial charge in [-0.25, -0.2) is 4.98 Å². The molecule has 0 saturated carbocycles. The number of anilines is 1. The maximum atomic E-state index is 11.1. The summed E-state index contributed by atoms with van der Waals surface area (Å²) in [5.74, 6) is 1.81. The Morgan fingerprint density at radius 3 is 2.56 bits per heavy atom. The van der Waals surface area contributed by atoms with Crippen LogP contribution < -0.4 is 4.90 Å². The van der Waals surface area contributed by atoms with Gasteiger partial charge in [-0.1, -0.05) is 39.0 Å². The van der Waals surface area contributed by atoms with Gasteiger partial charge in [0, 0.05) is 13.1 Å². The number of nitrogens with zero attached hydrogens (tertiary/aromatic N) is 2. The van der Waals surface area contributed by atoms with Gasteiger partial charge in [0.05, 0.1) is 10.6 Å². The summed E-state index contributed by atoms with van der Waals surface area (Å²) >= 11 is 1.55. The Balaban J connectivity index is 2.17. The Morgan fingerprint density at radius 2 is 2.11 bits per heavy atom. The van der Waals surface area contributed by atoms with Gasteiger partial charge in [-0.2, -0.15) is 0 Å². The fourth-order valence-corrected chi connectivity index (χ4v) is 3.54. The van der Waals surface area contributed by atoms with Gasteiger partial charge in [0.25, 0.3) is 0 Å². The first-order chi connectivity index (χ1) is 8.52. The molecule has 3 nitrogen and oxygen atoms in total. The molecule has 1 fully saturated rings. The lowest BCUT2D eigenvalue weighted by molar-refractivity contribution is 0.112. The molecular formula is C14H22N2OS. The molecule has 2 rings (SSSR count). The molecule has 0 N–H and O–H groups in total. The number of hydrogen-bond acceptors (Lipinski definition) is 4. The van der Waals surface area contributed by atoms with E-state index in [1.807, 2.05) is 0 Å². The minimum absolute atomic E-state index is 0.318. The van der Waals surface area contributed by atoms with E-state index in [-0.39, 0.29) is 0 Å². The minimum atomic E-state index is 0.318. The van der Waals surface area contributed by atoms with Gasteiger partial charge in [0.2, 0.25) is 0 Å². The lowest BCUT2D eigenvalue weighted by Gasteiger charge is -2.16. The maximum Gasteiger partial charge on any atom is 0.186 e. The molecule has 2 heterocycles. The second-order valence-electron chi connectivity index (χ2n) is 5.76. The molecular weight excluding hydrogens is 244 g/mol. The normalized spacial score (nSPS) is 20.1. The van der Waals surface area contributed by atoms with Crippen molar-refractivity contribution in [2.75, 3.05) is 18.0 Å². The molecule has 1 atom stereocenters. The Bertz CT molecular complexity index is 425. The average Bonchev–Trinajstić information content (AvgIpc) is 2.95. The van der Waals surface area contributed by atoms with Crippen LogP contribution in [0.5, 0.6) is 0 Å². The SMILES string of the molecule is CC(C)c1nc(N2CCC(C(C)C)C2)sc1C=O. The number of hydrogen-bond donors (Lipinski definition) is 0. The molecule has 1 aromatic rings. The highest BCUT2D eigenvalue weighted by atomic mass is 32.1. The molecule has 0 spiro atoms. The van der Waals surface area contributed by atoms with Gasteiger partial charge in [0.15, 0.2) is 11.4 Å². The molecule has 1 aromatic heterocycles. The van der Waals surface area contributed by atoms with Crippen LogP contribution in [0, 0.1) is 11.8 Å². The quantitative estimate of drug-likeness (QED) is 0.781. The first kappa shape index (κ1) is 13.5. The van der Waals surface area contributed by atoms with Crippen molar-refractivity contribution >= 4 is 22.8 Å². The predicted octanol–water partition coefficient (Wildman–Crippen LogP) is 3.56. The lowest BCUT2D eigenvalue weighted by atomic mass is 9.95. The molecule has 18 heavy (non-hydrogen) atoms. The smallest absolute Gasteiger partial charge is 0.186 e. The van der Waals surface area contributed by atoms with E-state index < -0.39 is 0 Å². The van der Waals surface area contributed by atoms with Crippen LogP contribution in [-0.4, -0.2) is 24.4 Å². The summed E-state index contributed by atoms with van der Waals surface area (Å²) < 4.78 is 0. The zero-order chi connectivity index (χ0) is 13.3. The summed E-state index contributed by atoms with van der Waals surface area (Å²) in [5.41, 5.74) is 0.956. The van der Waals surface area contributed by atoms with Crippen LogP contribution >= 0.6 is 11.3 Å². The van der Waals surface area contributed by atoms with Gasteiger partial charge in [-0.05, 0) is 24.2 Å².